The molecule has 0 unspecified atom stereocenters. The molecule has 0 aromatic carbocycles. The zero-order valence-corrected chi connectivity index (χ0v) is 8.07. The standard InChI is InChI=1S/C10H13NO2/c1-8-4-5-9(2)7-11(6-8)10(12)13-3/h4-7H,1-3H3. The lowest BCUT2D eigenvalue weighted by molar-refractivity contribution is 0.151. The van der Waals surface area contributed by atoms with E-state index in [-0.39, 0.29) is 6.09 Å². The predicted molar refractivity (Wildman–Crippen MR) is 50.9 cm³/mol. The summed E-state index contributed by atoms with van der Waals surface area (Å²) in [6, 6.07) is 0. The van der Waals surface area contributed by atoms with Crippen LogP contribution in [-0.4, -0.2) is 18.1 Å². The van der Waals surface area contributed by atoms with Crippen molar-refractivity contribution < 1.29 is 9.53 Å². The van der Waals surface area contributed by atoms with Crippen molar-refractivity contribution >= 4 is 6.09 Å². The van der Waals surface area contributed by atoms with Gasteiger partial charge in [0.25, 0.3) is 0 Å². The predicted octanol–water partition coefficient (Wildman–Crippen LogP) is 2.43. The van der Waals surface area contributed by atoms with E-state index in [9.17, 15) is 4.79 Å². The highest BCUT2D eigenvalue weighted by atomic mass is 16.5. The van der Waals surface area contributed by atoms with E-state index in [1.807, 2.05) is 26.0 Å². The van der Waals surface area contributed by atoms with Crippen LogP contribution in [0.2, 0.25) is 0 Å². The maximum absolute atomic E-state index is 11.2. The van der Waals surface area contributed by atoms with E-state index in [0.717, 1.165) is 11.1 Å². The summed E-state index contributed by atoms with van der Waals surface area (Å²) in [5.74, 6) is 0. The molecule has 0 fully saturated rings. The lowest BCUT2D eigenvalue weighted by Gasteiger charge is -2.11. The largest absolute Gasteiger partial charge is 0.452 e. The molecule has 13 heavy (non-hydrogen) atoms. The molecule has 3 heteroatoms. The molecule has 0 aromatic rings. The number of hydrogen-bond donors (Lipinski definition) is 0. The third kappa shape index (κ3) is 2.47. The van der Waals surface area contributed by atoms with Gasteiger partial charge in [-0.3, -0.25) is 4.90 Å². The minimum atomic E-state index is -0.373. The van der Waals surface area contributed by atoms with Crippen LogP contribution in [0, 0.1) is 0 Å². The first-order valence-corrected chi connectivity index (χ1v) is 4.04. The summed E-state index contributed by atoms with van der Waals surface area (Å²) in [7, 11) is 1.37. The van der Waals surface area contributed by atoms with Gasteiger partial charge in [0.15, 0.2) is 0 Å². The van der Waals surface area contributed by atoms with Gasteiger partial charge in [-0.15, -0.1) is 0 Å². The average Bonchev–Trinajstić information content (AvgIpc) is 2.27. The molecule has 1 aliphatic heterocycles. The number of allylic oxidation sites excluding steroid dienone is 4. The smallest absolute Gasteiger partial charge is 0.417 e. The van der Waals surface area contributed by atoms with Crippen LogP contribution in [-0.2, 0) is 4.74 Å². The minimum Gasteiger partial charge on any atom is -0.452 e. The zero-order chi connectivity index (χ0) is 9.84. The summed E-state index contributed by atoms with van der Waals surface area (Å²) in [6.45, 7) is 3.86. The highest BCUT2D eigenvalue weighted by molar-refractivity contribution is 5.70. The molecule has 0 atom stereocenters. The number of nitrogens with zero attached hydrogens (tertiary/aromatic N) is 1. The van der Waals surface area contributed by atoms with Crippen molar-refractivity contribution in [1.29, 1.82) is 0 Å². The summed E-state index contributed by atoms with van der Waals surface area (Å²) in [6.07, 6.45) is 7.00. The van der Waals surface area contributed by atoms with Gasteiger partial charge in [0.05, 0.1) is 7.11 Å². The Hall–Kier alpha value is -1.51. The number of hydrogen-bond acceptors (Lipinski definition) is 2. The second kappa shape index (κ2) is 3.94. The Labute approximate surface area is 78.0 Å². The Morgan fingerprint density at radius 1 is 1.23 bits per heavy atom. The average molecular weight is 179 g/mol. The topological polar surface area (TPSA) is 29.5 Å². The van der Waals surface area contributed by atoms with Crippen LogP contribution >= 0.6 is 0 Å². The molecular formula is C10H13NO2. The fourth-order valence-corrected chi connectivity index (χ4v) is 1.04. The Balaban J connectivity index is 2.92. The first kappa shape index (κ1) is 9.58. The van der Waals surface area contributed by atoms with Crippen LogP contribution in [0.25, 0.3) is 0 Å². The van der Waals surface area contributed by atoms with Crippen molar-refractivity contribution in [1.82, 2.24) is 4.90 Å². The van der Waals surface area contributed by atoms with Crippen molar-refractivity contribution in [3.05, 3.63) is 35.7 Å². The lowest BCUT2D eigenvalue weighted by Crippen LogP contribution is -2.19. The van der Waals surface area contributed by atoms with Crippen LogP contribution in [0.3, 0.4) is 0 Å². The van der Waals surface area contributed by atoms with Crippen molar-refractivity contribution in [2.45, 2.75) is 13.8 Å². The van der Waals surface area contributed by atoms with E-state index in [1.54, 1.807) is 12.4 Å². The molecule has 0 aromatic heterocycles. The fraction of sp³-hybridized carbons (Fsp3) is 0.300. The molecule has 1 amide bonds. The van der Waals surface area contributed by atoms with Crippen molar-refractivity contribution in [3.63, 3.8) is 0 Å². The van der Waals surface area contributed by atoms with E-state index < -0.39 is 0 Å². The van der Waals surface area contributed by atoms with Crippen molar-refractivity contribution in [2.24, 2.45) is 0 Å². The van der Waals surface area contributed by atoms with Crippen LogP contribution in [0.15, 0.2) is 35.7 Å². The monoisotopic (exact) mass is 179 g/mol. The van der Waals surface area contributed by atoms with Gasteiger partial charge < -0.3 is 4.74 Å². The summed E-state index contributed by atoms with van der Waals surface area (Å²) < 4.78 is 4.61. The highest BCUT2D eigenvalue weighted by Crippen LogP contribution is 2.11. The van der Waals surface area contributed by atoms with Crippen LogP contribution < -0.4 is 0 Å². The Bertz CT molecular complexity index is 278. The first-order valence-electron chi connectivity index (χ1n) is 4.04. The third-order valence-corrected chi connectivity index (χ3v) is 1.68. The number of carbonyl (C=O) groups is 1. The highest BCUT2D eigenvalue weighted by Gasteiger charge is 2.09. The van der Waals surface area contributed by atoms with Gasteiger partial charge in [-0.2, -0.15) is 0 Å². The second-order valence-corrected chi connectivity index (χ2v) is 2.96. The van der Waals surface area contributed by atoms with Crippen molar-refractivity contribution in [3.8, 4) is 0 Å². The third-order valence-electron chi connectivity index (χ3n) is 1.68. The molecule has 3 nitrogen and oxygen atoms in total. The molecule has 1 aliphatic rings. The number of carbonyl (C=O) groups excluding carboxylic acids is 1. The molecule has 0 radical (unpaired) electrons. The SMILES string of the molecule is COC(=O)N1C=C(C)C=CC(C)=C1. The Kier molecular flexibility index (Phi) is 2.90. The van der Waals surface area contributed by atoms with Gasteiger partial charge in [-0.1, -0.05) is 12.2 Å². The second-order valence-electron chi connectivity index (χ2n) is 2.96. The van der Waals surface area contributed by atoms with Gasteiger partial charge in [0, 0.05) is 12.4 Å². The number of ether oxygens (including phenoxy) is 1. The van der Waals surface area contributed by atoms with Gasteiger partial charge in [0.1, 0.15) is 0 Å². The first-order chi connectivity index (χ1) is 6.13. The van der Waals surface area contributed by atoms with Gasteiger partial charge in [0.2, 0.25) is 0 Å². The van der Waals surface area contributed by atoms with E-state index in [4.69, 9.17) is 0 Å². The molecule has 1 heterocycles. The van der Waals surface area contributed by atoms with Gasteiger partial charge in [-0.25, -0.2) is 4.79 Å². The molecule has 1 rings (SSSR count). The molecule has 70 valence electrons. The van der Waals surface area contributed by atoms with E-state index in [2.05, 4.69) is 4.74 Å². The van der Waals surface area contributed by atoms with Crippen LogP contribution in [0.4, 0.5) is 4.79 Å². The Morgan fingerprint density at radius 3 is 2.08 bits per heavy atom. The summed E-state index contributed by atoms with van der Waals surface area (Å²) in [4.78, 5) is 12.6. The van der Waals surface area contributed by atoms with E-state index in [1.165, 1.54) is 12.0 Å². The summed E-state index contributed by atoms with van der Waals surface area (Å²) in [5.41, 5.74) is 2.03. The zero-order valence-electron chi connectivity index (χ0n) is 8.07. The molecular weight excluding hydrogens is 166 g/mol. The van der Waals surface area contributed by atoms with Crippen LogP contribution in [0.5, 0.6) is 0 Å². The molecule has 0 saturated carbocycles. The summed E-state index contributed by atoms with van der Waals surface area (Å²) in [5, 5.41) is 0. The van der Waals surface area contributed by atoms with Crippen LogP contribution in [0.1, 0.15) is 13.8 Å². The quantitative estimate of drug-likeness (QED) is 0.571. The van der Waals surface area contributed by atoms with E-state index in [0.29, 0.717) is 0 Å². The lowest BCUT2D eigenvalue weighted by atomic mass is 10.2. The molecule has 0 N–H and O–H groups in total. The molecule has 0 saturated heterocycles. The van der Waals surface area contributed by atoms with Crippen molar-refractivity contribution in [2.75, 3.05) is 7.11 Å². The molecule has 0 bridgehead atoms. The minimum absolute atomic E-state index is 0.373. The van der Waals surface area contributed by atoms with Gasteiger partial charge >= 0.3 is 6.09 Å². The summed E-state index contributed by atoms with van der Waals surface area (Å²) >= 11 is 0. The number of amides is 1. The Morgan fingerprint density at radius 2 is 1.69 bits per heavy atom. The normalized spacial score (nSPS) is 16.1. The fourth-order valence-electron chi connectivity index (χ4n) is 1.04. The molecule has 0 spiro atoms. The number of methoxy groups -OCH3 is 1. The molecule has 0 aliphatic carbocycles. The maximum Gasteiger partial charge on any atom is 0.417 e. The van der Waals surface area contributed by atoms with Gasteiger partial charge in [-0.05, 0) is 25.0 Å². The van der Waals surface area contributed by atoms with E-state index >= 15 is 0 Å². The maximum atomic E-state index is 11.2. The number of rotatable bonds is 0.